The summed E-state index contributed by atoms with van der Waals surface area (Å²) in [6.45, 7) is 5.72. The van der Waals surface area contributed by atoms with E-state index in [2.05, 4.69) is 20.1 Å². The van der Waals surface area contributed by atoms with E-state index in [4.69, 9.17) is 9.26 Å². The first kappa shape index (κ1) is 18.1. The highest BCUT2D eigenvalue weighted by Crippen LogP contribution is 2.17. The Morgan fingerprint density at radius 3 is 2.46 bits per heavy atom. The highest BCUT2D eigenvalue weighted by atomic mass is 32.2. The molecular formula is C18H18N4O3S. The number of hydrogen-bond donors (Lipinski definition) is 0. The summed E-state index contributed by atoms with van der Waals surface area (Å²) < 4.78 is 10.3. The van der Waals surface area contributed by atoms with Gasteiger partial charge in [-0.1, -0.05) is 46.7 Å². The molecule has 0 amide bonds. The number of thioether (sulfide) groups is 1. The standard InChI is InChI=1S/C18H18N4O3S/c1-11-4-6-14(7-5-11)17-21-15(25-22-17)9-24-16(23)10-26-18-19-12(2)8-13(3)20-18/h4-8H,9-10H2,1-3H3. The van der Waals surface area contributed by atoms with Crippen LogP contribution in [0.1, 0.15) is 22.8 Å². The quantitative estimate of drug-likeness (QED) is 0.371. The fourth-order valence-corrected chi connectivity index (χ4v) is 2.95. The predicted molar refractivity (Wildman–Crippen MR) is 96.5 cm³/mol. The Morgan fingerprint density at radius 1 is 1.08 bits per heavy atom. The van der Waals surface area contributed by atoms with Crippen LogP contribution in [0.25, 0.3) is 11.4 Å². The maximum absolute atomic E-state index is 11.9. The lowest BCUT2D eigenvalue weighted by molar-refractivity contribution is -0.142. The molecule has 8 heteroatoms. The second kappa shape index (κ2) is 8.09. The predicted octanol–water partition coefficient (Wildman–Crippen LogP) is 3.29. The highest BCUT2D eigenvalue weighted by Gasteiger charge is 2.12. The van der Waals surface area contributed by atoms with Gasteiger partial charge in [-0.05, 0) is 26.8 Å². The van der Waals surface area contributed by atoms with Crippen LogP contribution in [0.2, 0.25) is 0 Å². The summed E-state index contributed by atoms with van der Waals surface area (Å²) in [5.41, 5.74) is 3.72. The van der Waals surface area contributed by atoms with E-state index in [0.717, 1.165) is 22.5 Å². The summed E-state index contributed by atoms with van der Waals surface area (Å²) in [4.78, 5) is 24.7. The summed E-state index contributed by atoms with van der Waals surface area (Å²) in [5, 5.41) is 4.46. The molecule has 26 heavy (non-hydrogen) atoms. The zero-order chi connectivity index (χ0) is 18.5. The van der Waals surface area contributed by atoms with Crippen LogP contribution in [0.4, 0.5) is 0 Å². The van der Waals surface area contributed by atoms with Gasteiger partial charge in [0.05, 0.1) is 5.75 Å². The van der Waals surface area contributed by atoms with Gasteiger partial charge in [0.1, 0.15) is 0 Å². The topological polar surface area (TPSA) is 91.0 Å². The Kier molecular flexibility index (Phi) is 5.62. The maximum Gasteiger partial charge on any atom is 0.316 e. The van der Waals surface area contributed by atoms with Crippen molar-refractivity contribution in [3.63, 3.8) is 0 Å². The van der Waals surface area contributed by atoms with Crippen molar-refractivity contribution in [3.05, 3.63) is 53.2 Å². The van der Waals surface area contributed by atoms with Crippen molar-refractivity contribution in [1.29, 1.82) is 0 Å². The molecule has 0 atom stereocenters. The zero-order valence-corrected chi connectivity index (χ0v) is 15.5. The van der Waals surface area contributed by atoms with E-state index >= 15 is 0 Å². The lowest BCUT2D eigenvalue weighted by atomic mass is 10.1. The van der Waals surface area contributed by atoms with Gasteiger partial charge in [0.2, 0.25) is 5.82 Å². The molecule has 0 aliphatic rings. The van der Waals surface area contributed by atoms with Gasteiger partial charge in [-0.15, -0.1) is 0 Å². The molecule has 1 aromatic carbocycles. The number of hydrogen-bond acceptors (Lipinski definition) is 8. The van der Waals surface area contributed by atoms with Crippen LogP contribution in [0, 0.1) is 20.8 Å². The van der Waals surface area contributed by atoms with Crippen molar-refractivity contribution in [2.75, 3.05) is 5.75 Å². The molecule has 134 valence electrons. The Bertz CT molecular complexity index is 889. The number of rotatable bonds is 6. The van der Waals surface area contributed by atoms with Crippen molar-refractivity contribution in [1.82, 2.24) is 20.1 Å². The molecule has 0 aliphatic heterocycles. The van der Waals surface area contributed by atoms with Crippen LogP contribution in [-0.2, 0) is 16.1 Å². The van der Waals surface area contributed by atoms with Gasteiger partial charge < -0.3 is 9.26 Å². The van der Waals surface area contributed by atoms with E-state index in [1.54, 1.807) is 0 Å². The Balaban J connectivity index is 1.51. The lowest BCUT2D eigenvalue weighted by Gasteiger charge is -2.03. The molecule has 0 saturated carbocycles. The van der Waals surface area contributed by atoms with Crippen LogP contribution < -0.4 is 0 Å². The van der Waals surface area contributed by atoms with Crippen molar-refractivity contribution in [2.24, 2.45) is 0 Å². The first-order chi connectivity index (χ1) is 12.5. The number of aryl methyl sites for hydroxylation is 3. The highest BCUT2D eigenvalue weighted by molar-refractivity contribution is 7.99. The van der Waals surface area contributed by atoms with E-state index in [9.17, 15) is 4.79 Å². The van der Waals surface area contributed by atoms with Crippen LogP contribution in [0.3, 0.4) is 0 Å². The fourth-order valence-electron chi connectivity index (χ4n) is 2.20. The molecule has 0 radical (unpaired) electrons. The minimum atomic E-state index is -0.396. The fraction of sp³-hybridized carbons (Fsp3) is 0.278. The third kappa shape index (κ3) is 4.89. The number of carbonyl (C=O) groups excluding carboxylic acids is 1. The number of ether oxygens (including phenoxy) is 1. The van der Waals surface area contributed by atoms with Gasteiger partial charge in [-0.2, -0.15) is 4.98 Å². The first-order valence-electron chi connectivity index (χ1n) is 8.00. The summed E-state index contributed by atoms with van der Waals surface area (Å²) in [7, 11) is 0. The minimum absolute atomic E-state index is 0.0635. The largest absolute Gasteiger partial charge is 0.455 e. The van der Waals surface area contributed by atoms with Gasteiger partial charge in [0.25, 0.3) is 5.89 Å². The second-order valence-electron chi connectivity index (χ2n) is 5.76. The van der Waals surface area contributed by atoms with E-state index in [1.807, 2.05) is 51.1 Å². The average Bonchev–Trinajstić information content (AvgIpc) is 3.07. The first-order valence-corrected chi connectivity index (χ1v) is 8.98. The molecule has 2 aromatic heterocycles. The van der Waals surface area contributed by atoms with Crippen molar-refractivity contribution in [3.8, 4) is 11.4 Å². The Labute approximate surface area is 155 Å². The van der Waals surface area contributed by atoms with Crippen LogP contribution in [-0.4, -0.2) is 31.8 Å². The molecule has 2 heterocycles. The van der Waals surface area contributed by atoms with E-state index in [-0.39, 0.29) is 18.3 Å². The van der Waals surface area contributed by atoms with Crippen LogP contribution in [0.5, 0.6) is 0 Å². The van der Waals surface area contributed by atoms with Crippen LogP contribution in [0.15, 0.2) is 40.0 Å². The van der Waals surface area contributed by atoms with E-state index in [1.165, 1.54) is 11.8 Å². The summed E-state index contributed by atoms with van der Waals surface area (Å²) in [5.74, 6) is 0.436. The van der Waals surface area contributed by atoms with Crippen molar-refractivity contribution < 1.29 is 14.1 Å². The van der Waals surface area contributed by atoms with Gasteiger partial charge >= 0.3 is 5.97 Å². The molecule has 3 rings (SSSR count). The van der Waals surface area contributed by atoms with Crippen molar-refractivity contribution in [2.45, 2.75) is 32.5 Å². The van der Waals surface area contributed by atoms with Crippen LogP contribution >= 0.6 is 11.8 Å². The molecular weight excluding hydrogens is 352 g/mol. The molecule has 7 nitrogen and oxygen atoms in total. The lowest BCUT2D eigenvalue weighted by Crippen LogP contribution is -2.08. The molecule has 0 fully saturated rings. The molecule has 0 N–H and O–H groups in total. The molecule has 0 saturated heterocycles. The molecule has 0 aliphatic carbocycles. The van der Waals surface area contributed by atoms with Gasteiger partial charge in [0, 0.05) is 17.0 Å². The zero-order valence-electron chi connectivity index (χ0n) is 14.7. The van der Waals surface area contributed by atoms with Gasteiger partial charge in [0.15, 0.2) is 11.8 Å². The summed E-state index contributed by atoms with van der Waals surface area (Å²) >= 11 is 1.23. The third-order valence-electron chi connectivity index (χ3n) is 3.42. The molecule has 3 aromatic rings. The third-order valence-corrected chi connectivity index (χ3v) is 4.24. The maximum atomic E-state index is 11.9. The monoisotopic (exact) mass is 370 g/mol. The molecule has 0 unspecified atom stereocenters. The minimum Gasteiger partial charge on any atom is -0.455 e. The second-order valence-corrected chi connectivity index (χ2v) is 6.70. The molecule has 0 bridgehead atoms. The summed E-state index contributed by atoms with van der Waals surface area (Å²) in [6, 6.07) is 9.64. The molecule has 0 spiro atoms. The SMILES string of the molecule is Cc1ccc(-c2noc(COC(=O)CSc3nc(C)cc(C)n3)n2)cc1. The number of esters is 1. The average molecular weight is 370 g/mol. The van der Waals surface area contributed by atoms with Gasteiger partial charge in [-0.3, -0.25) is 4.79 Å². The van der Waals surface area contributed by atoms with E-state index in [0.29, 0.717) is 11.0 Å². The Morgan fingerprint density at radius 2 is 1.77 bits per heavy atom. The van der Waals surface area contributed by atoms with Gasteiger partial charge in [-0.25, -0.2) is 9.97 Å². The van der Waals surface area contributed by atoms with E-state index < -0.39 is 5.97 Å². The van der Waals surface area contributed by atoms with Crippen molar-refractivity contribution >= 4 is 17.7 Å². The number of carbonyl (C=O) groups is 1. The Hall–Kier alpha value is -2.74. The summed E-state index contributed by atoms with van der Waals surface area (Å²) in [6.07, 6.45) is 0. The number of benzene rings is 1. The number of nitrogens with zero attached hydrogens (tertiary/aromatic N) is 4. The smallest absolute Gasteiger partial charge is 0.316 e. The normalized spacial score (nSPS) is 10.7. The number of aromatic nitrogens is 4.